The molecule has 4 aromatic rings. The topological polar surface area (TPSA) is 40.6 Å². The number of pyridine rings is 1. The van der Waals surface area contributed by atoms with Gasteiger partial charge in [0, 0.05) is 53.3 Å². The fraction of sp³-hybridized carbons (Fsp3) is 0.240. The van der Waals surface area contributed by atoms with Crippen LogP contribution in [0.25, 0.3) is 21.8 Å². The van der Waals surface area contributed by atoms with Gasteiger partial charge in [-0.25, -0.2) is 4.98 Å². The van der Waals surface area contributed by atoms with Crippen LogP contribution in [-0.4, -0.2) is 50.2 Å². The molecule has 2 heterocycles. The second-order valence-electron chi connectivity index (χ2n) is 8.00. The highest BCUT2D eigenvalue weighted by atomic mass is 35.5. The van der Waals surface area contributed by atoms with Crippen molar-refractivity contribution >= 4 is 50.5 Å². The number of nitrogens with one attached hydrogen (secondary N) is 1. The van der Waals surface area contributed by atoms with Crippen LogP contribution in [0.15, 0.2) is 60.7 Å². The summed E-state index contributed by atoms with van der Waals surface area (Å²) in [7, 11) is 3.86. The number of fused-ring (bicyclic) bond motifs is 2. The molecule has 0 radical (unpaired) electrons. The first-order chi connectivity index (χ1) is 15.1. The number of nitrogens with zero attached hydrogens (tertiary/aromatic N) is 3. The van der Waals surface area contributed by atoms with Crippen molar-refractivity contribution in [2.45, 2.75) is 0 Å². The summed E-state index contributed by atoms with van der Waals surface area (Å²) < 4.78 is 5.48. The van der Waals surface area contributed by atoms with Crippen LogP contribution in [0.1, 0.15) is 0 Å². The molecule has 0 unspecified atom stereocenters. The van der Waals surface area contributed by atoms with Crippen molar-refractivity contribution in [2.24, 2.45) is 0 Å². The van der Waals surface area contributed by atoms with Crippen LogP contribution in [0, 0.1) is 0 Å². The minimum absolute atomic E-state index is 0.677. The van der Waals surface area contributed by atoms with E-state index in [0.717, 1.165) is 65.1 Å². The van der Waals surface area contributed by atoms with E-state index in [-0.39, 0.29) is 0 Å². The molecule has 31 heavy (non-hydrogen) atoms. The van der Waals surface area contributed by atoms with Crippen molar-refractivity contribution in [3.05, 3.63) is 65.7 Å². The third kappa shape index (κ3) is 3.99. The van der Waals surface area contributed by atoms with Gasteiger partial charge in [-0.05, 0) is 61.6 Å². The zero-order valence-corrected chi connectivity index (χ0v) is 18.5. The number of ether oxygens (including phenoxy) is 1. The van der Waals surface area contributed by atoms with Gasteiger partial charge in [0.1, 0.15) is 5.75 Å². The summed E-state index contributed by atoms with van der Waals surface area (Å²) in [5.74, 6) is 0.803. The smallest absolute Gasteiger partial charge is 0.119 e. The van der Waals surface area contributed by atoms with Crippen molar-refractivity contribution in [1.29, 1.82) is 0 Å². The SMILES string of the molecule is COc1ccc2nc3cc(Cl)ccc3c(Nc3cccc(N4CCN(C)CC4)c3)c2c1. The van der Waals surface area contributed by atoms with E-state index in [1.165, 1.54) is 5.69 Å². The highest BCUT2D eigenvalue weighted by molar-refractivity contribution is 6.31. The van der Waals surface area contributed by atoms with Crippen molar-refractivity contribution in [3.63, 3.8) is 0 Å². The van der Waals surface area contributed by atoms with E-state index in [1.54, 1.807) is 7.11 Å². The zero-order valence-electron chi connectivity index (χ0n) is 17.7. The predicted molar refractivity (Wildman–Crippen MR) is 130 cm³/mol. The molecule has 1 aromatic heterocycles. The largest absolute Gasteiger partial charge is 0.497 e. The van der Waals surface area contributed by atoms with E-state index >= 15 is 0 Å². The van der Waals surface area contributed by atoms with E-state index < -0.39 is 0 Å². The van der Waals surface area contributed by atoms with Gasteiger partial charge in [0.25, 0.3) is 0 Å². The standard InChI is InChI=1S/C25H25ClN4O/c1-29-10-12-30(13-11-29)19-5-3-4-18(15-19)27-25-21-8-6-17(26)14-24(21)28-23-9-7-20(31-2)16-22(23)25/h3-9,14-16H,10-13H2,1-2H3,(H,27,28). The molecular weight excluding hydrogens is 408 g/mol. The second-order valence-corrected chi connectivity index (χ2v) is 8.43. The summed E-state index contributed by atoms with van der Waals surface area (Å²) in [5, 5.41) is 6.39. The molecule has 0 spiro atoms. The third-order valence-electron chi connectivity index (χ3n) is 5.93. The van der Waals surface area contributed by atoms with Gasteiger partial charge in [-0.15, -0.1) is 0 Å². The van der Waals surface area contributed by atoms with Gasteiger partial charge in [-0.1, -0.05) is 17.7 Å². The molecule has 158 valence electrons. The summed E-state index contributed by atoms with van der Waals surface area (Å²) in [6.45, 7) is 4.24. The molecule has 1 N–H and O–H groups in total. The zero-order chi connectivity index (χ0) is 21.4. The number of likely N-dealkylation sites (N-methyl/N-ethyl adjacent to an activating group) is 1. The molecule has 1 fully saturated rings. The molecule has 0 bridgehead atoms. The molecule has 1 saturated heterocycles. The van der Waals surface area contributed by atoms with Crippen LogP contribution >= 0.6 is 11.6 Å². The Morgan fingerprint density at radius 2 is 1.74 bits per heavy atom. The Hall–Kier alpha value is -3.02. The predicted octanol–water partition coefficient (Wildman–Crippen LogP) is 5.55. The Kier molecular flexibility index (Phi) is 5.30. The summed E-state index contributed by atoms with van der Waals surface area (Å²) in [6, 6.07) is 20.4. The van der Waals surface area contributed by atoms with Gasteiger partial charge in [0.2, 0.25) is 0 Å². The number of hydrogen-bond donors (Lipinski definition) is 1. The van der Waals surface area contributed by atoms with Crippen LogP contribution < -0.4 is 15.0 Å². The van der Waals surface area contributed by atoms with E-state index in [0.29, 0.717) is 5.02 Å². The van der Waals surface area contributed by atoms with E-state index in [9.17, 15) is 0 Å². The fourth-order valence-electron chi connectivity index (χ4n) is 4.15. The molecule has 6 heteroatoms. The molecule has 0 aliphatic carbocycles. The molecule has 1 aliphatic heterocycles. The number of hydrogen-bond acceptors (Lipinski definition) is 5. The van der Waals surface area contributed by atoms with Gasteiger partial charge in [0.15, 0.2) is 0 Å². The van der Waals surface area contributed by atoms with Gasteiger partial charge < -0.3 is 19.9 Å². The lowest BCUT2D eigenvalue weighted by molar-refractivity contribution is 0.313. The Morgan fingerprint density at radius 3 is 2.55 bits per heavy atom. The minimum Gasteiger partial charge on any atom is -0.497 e. The maximum Gasteiger partial charge on any atom is 0.119 e. The maximum atomic E-state index is 6.26. The summed E-state index contributed by atoms with van der Waals surface area (Å²) in [4.78, 5) is 9.63. The quantitative estimate of drug-likeness (QED) is 0.428. The molecule has 3 aromatic carbocycles. The van der Waals surface area contributed by atoms with Crippen LogP contribution in [0.3, 0.4) is 0 Å². The molecule has 5 rings (SSSR count). The number of piperazine rings is 1. The number of methoxy groups -OCH3 is 1. The first-order valence-electron chi connectivity index (χ1n) is 10.5. The summed E-state index contributed by atoms with van der Waals surface area (Å²) in [6.07, 6.45) is 0. The Morgan fingerprint density at radius 1 is 0.903 bits per heavy atom. The normalized spacial score (nSPS) is 14.9. The van der Waals surface area contributed by atoms with Crippen molar-refractivity contribution < 1.29 is 4.74 Å². The second kappa shape index (κ2) is 8.25. The lowest BCUT2D eigenvalue weighted by atomic mass is 10.1. The van der Waals surface area contributed by atoms with Crippen LogP contribution in [-0.2, 0) is 0 Å². The Labute approximate surface area is 187 Å². The number of halogens is 1. The third-order valence-corrected chi connectivity index (χ3v) is 6.16. The highest BCUT2D eigenvalue weighted by Gasteiger charge is 2.15. The number of rotatable bonds is 4. The highest BCUT2D eigenvalue weighted by Crippen LogP contribution is 2.36. The molecule has 0 saturated carbocycles. The Balaban J connectivity index is 1.59. The first kappa shape index (κ1) is 19.9. The van der Waals surface area contributed by atoms with Crippen molar-refractivity contribution in [1.82, 2.24) is 9.88 Å². The lowest BCUT2D eigenvalue weighted by Gasteiger charge is -2.34. The number of aromatic nitrogens is 1. The summed E-state index contributed by atoms with van der Waals surface area (Å²) in [5.41, 5.74) is 5.05. The fourth-order valence-corrected chi connectivity index (χ4v) is 4.31. The monoisotopic (exact) mass is 432 g/mol. The van der Waals surface area contributed by atoms with Crippen LogP contribution in [0.4, 0.5) is 17.1 Å². The van der Waals surface area contributed by atoms with Gasteiger partial charge in [0.05, 0.1) is 23.8 Å². The average Bonchev–Trinajstić information content (AvgIpc) is 2.79. The molecule has 1 aliphatic rings. The van der Waals surface area contributed by atoms with E-state index in [2.05, 4.69) is 46.4 Å². The van der Waals surface area contributed by atoms with Gasteiger partial charge >= 0.3 is 0 Å². The average molecular weight is 433 g/mol. The molecule has 5 nitrogen and oxygen atoms in total. The van der Waals surface area contributed by atoms with Crippen molar-refractivity contribution in [3.8, 4) is 5.75 Å². The lowest BCUT2D eigenvalue weighted by Crippen LogP contribution is -2.44. The van der Waals surface area contributed by atoms with Crippen LogP contribution in [0.2, 0.25) is 5.02 Å². The Bertz CT molecular complexity index is 1250. The van der Waals surface area contributed by atoms with E-state index in [4.69, 9.17) is 21.3 Å². The molecular formula is C25H25ClN4O. The minimum atomic E-state index is 0.677. The van der Waals surface area contributed by atoms with Gasteiger partial charge in [-0.3, -0.25) is 0 Å². The maximum absolute atomic E-state index is 6.26. The molecule has 0 atom stereocenters. The van der Waals surface area contributed by atoms with Gasteiger partial charge in [-0.2, -0.15) is 0 Å². The van der Waals surface area contributed by atoms with E-state index in [1.807, 2.05) is 36.4 Å². The van der Waals surface area contributed by atoms with Crippen LogP contribution in [0.5, 0.6) is 5.75 Å². The number of anilines is 3. The first-order valence-corrected chi connectivity index (χ1v) is 10.9. The van der Waals surface area contributed by atoms with Crippen molar-refractivity contribution in [2.75, 3.05) is 50.6 Å². The summed E-state index contributed by atoms with van der Waals surface area (Å²) >= 11 is 6.26. The number of benzene rings is 3. The molecule has 0 amide bonds.